The van der Waals surface area contributed by atoms with Gasteiger partial charge in [0.05, 0.1) is 12.0 Å². The van der Waals surface area contributed by atoms with Crippen molar-refractivity contribution in [1.82, 2.24) is 0 Å². The van der Waals surface area contributed by atoms with Crippen LogP contribution in [-0.4, -0.2) is 11.1 Å². The zero-order valence-corrected chi connectivity index (χ0v) is 16.5. The minimum absolute atomic E-state index is 0.141. The van der Waals surface area contributed by atoms with Crippen molar-refractivity contribution in [3.63, 3.8) is 0 Å². The fourth-order valence-corrected chi connectivity index (χ4v) is 3.06. The topological polar surface area (TPSA) is 46.5 Å². The average molecular weight is 414 g/mol. The minimum atomic E-state index is -4.42. The van der Waals surface area contributed by atoms with Crippen LogP contribution in [-0.2, 0) is 17.4 Å². The van der Waals surface area contributed by atoms with E-state index in [4.69, 9.17) is 9.84 Å². The molecule has 0 saturated heterocycles. The highest BCUT2D eigenvalue weighted by Crippen LogP contribution is 2.36. The number of benzene rings is 3. The van der Waals surface area contributed by atoms with Crippen molar-refractivity contribution in [2.45, 2.75) is 32.4 Å². The quantitative estimate of drug-likeness (QED) is 0.476. The number of ether oxygens (including phenoxy) is 1. The van der Waals surface area contributed by atoms with Crippen LogP contribution >= 0.6 is 0 Å². The second kappa shape index (κ2) is 8.61. The van der Waals surface area contributed by atoms with Gasteiger partial charge in [0, 0.05) is 5.56 Å². The van der Waals surface area contributed by atoms with E-state index in [0.717, 1.165) is 23.3 Å². The van der Waals surface area contributed by atoms with Gasteiger partial charge < -0.3 is 9.84 Å². The zero-order valence-electron chi connectivity index (χ0n) is 16.5. The molecule has 0 aromatic heterocycles. The normalized spacial score (nSPS) is 11.5. The van der Waals surface area contributed by atoms with Crippen LogP contribution in [0.1, 0.15) is 36.5 Å². The van der Waals surface area contributed by atoms with Crippen LogP contribution in [0, 0.1) is 0 Å². The first-order valence-electron chi connectivity index (χ1n) is 9.43. The highest BCUT2D eigenvalue weighted by Gasteiger charge is 2.30. The molecule has 0 unspecified atom stereocenters. The van der Waals surface area contributed by atoms with Crippen molar-refractivity contribution in [1.29, 1.82) is 0 Å². The smallest absolute Gasteiger partial charge is 0.416 e. The summed E-state index contributed by atoms with van der Waals surface area (Å²) in [5, 5.41) is 9.10. The molecule has 1 N–H and O–H groups in total. The molecular weight excluding hydrogens is 393 g/mol. The average Bonchev–Trinajstić information content (AvgIpc) is 2.68. The van der Waals surface area contributed by atoms with Crippen LogP contribution in [0.4, 0.5) is 13.2 Å². The Kier molecular flexibility index (Phi) is 6.15. The van der Waals surface area contributed by atoms with Crippen LogP contribution < -0.4 is 4.74 Å². The number of halogens is 3. The third kappa shape index (κ3) is 5.20. The summed E-state index contributed by atoms with van der Waals surface area (Å²) in [6.45, 7) is 4.17. The molecule has 0 amide bonds. The van der Waals surface area contributed by atoms with Crippen molar-refractivity contribution in [2.75, 3.05) is 0 Å². The molecule has 0 aliphatic carbocycles. The first-order valence-corrected chi connectivity index (χ1v) is 9.43. The molecule has 0 radical (unpaired) electrons. The zero-order chi connectivity index (χ0) is 21.9. The number of carboxylic acids is 1. The molecule has 30 heavy (non-hydrogen) atoms. The summed E-state index contributed by atoms with van der Waals surface area (Å²) in [5.41, 5.74) is 2.50. The lowest BCUT2D eigenvalue weighted by Crippen LogP contribution is -2.04. The molecule has 3 aromatic carbocycles. The summed E-state index contributed by atoms with van der Waals surface area (Å²) < 4.78 is 44.2. The number of hydrogen-bond donors (Lipinski definition) is 1. The number of rotatable bonds is 6. The van der Waals surface area contributed by atoms with Gasteiger partial charge >= 0.3 is 12.1 Å². The van der Waals surface area contributed by atoms with Crippen molar-refractivity contribution >= 4 is 5.97 Å². The molecule has 0 aliphatic rings. The van der Waals surface area contributed by atoms with Gasteiger partial charge in [0.25, 0.3) is 0 Å². The maximum absolute atomic E-state index is 12.8. The largest absolute Gasteiger partial charge is 0.481 e. The van der Waals surface area contributed by atoms with Gasteiger partial charge in [-0.1, -0.05) is 44.2 Å². The number of aliphatic carboxylic acids is 1. The standard InChI is InChI=1S/C24H21F3O3/c1-15(2)17-4-6-18(7-5-17)21-13-16(14-23(28)29)3-12-22(21)30-20-10-8-19(9-11-20)24(25,26)27/h3-13,15H,14H2,1-2H3,(H,28,29). The first-order chi connectivity index (χ1) is 14.1. The van der Waals surface area contributed by atoms with E-state index in [1.165, 1.54) is 12.1 Å². The van der Waals surface area contributed by atoms with Gasteiger partial charge in [0.1, 0.15) is 11.5 Å². The van der Waals surface area contributed by atoms with E-state index < -0.39 is 17.7 Å². The monoisotopic (exact) mass is 414 g/mol. The number of carbonyl (C=O) groups is 1. The van der Waals surface area contributed by atoms with E-state index in [1.54, 1.807) is 18.2 Å². The maximum atomic E-state index is 12.8. The van der Waals surface area contributed by atoms with Crippen LogP contribution in [0.5, 0.6) is 11.5 Å². The fraction of sp³-hybridized carbons (Fsp3) is 0.208. The summed E-state index contributed by atoms with van der Waals surface area (Å²) >= 11 is 0. The summed E-state index contributed by atoms with van der Waals surface area (Å²) in [4.78, 5) is 11.1. The van der Waals surface area contributed by atoms with E-state index in [1.807, 2.05) is 24.3 Å². The maximum Gasteiger partial charge on any atom is 0.416 e. The fourth-order valence-electron chi connectivity index (χ4n) is 3.06. The van der Waals surface area contributed by atoms with Gasteiger partial charge in [-0.15, -0.1) is 0 Å². The van der Waals surface area contributed by atoms with E-state index in [9.17, 15) is 18.0 Å². The highest BCUT2D eigenvalue weighted by atomic mass is 19.4. The van der Waals surface area contributed by atoms with Crippen molar-refractivity contribution < 1.29 is 27.8 Å². The van der Waals surface area contributed by atoms with Crippen molar-refractivity contribution in [3.8, 4) is 22.6 Å². The van der Waals surface area contributed by atoms with E-state index in [-0.39, 0.29) is 12.2 Å². The van der Waals surface area contributed by atoms with Crippen LogP contribution in [0.25, 0.3) is 11.1 Å². The van der Waals surface area contributed by atoms with Crippen LogP contribution in [0.2, 0.25) is 0 Å². The van der Waals surface area contributed by atoms with E-state index >= 15 is 0 Å². The summed E-state index contributed by atoms with van der Waals surface area (Å²) in [7, 11) is 0. The van der Waals surface area contributed by atoms with Crippen LogP contribution in [0.3, 0.4) is 0 Å². The lowest BCUT2D eigenvalue weighted by atomic mass is 9.96. The molecule has 0 atom stereocenters. The predicted octanol–water partition coefficient (Wildman–Crippen LogP) is 6.92. The van der Waals surface area contributed by atoms with Crippen LogP contribution in [0.15, 0.2) is 66.7 Å². The minimum Gasteiger partial charge on any atom is -0.481 e. The van der Waals surface area contributed by atoms with Crippen molar-refractivity contribution in [3.05, 3.63) is 83.4 Å². The number of hydrogen-bond acceptors (Lipinski definition) is 2. The summed E-state index contributed by atoms with van der Waals surface area (Å²) in [6, 6.07) is 17.3. The first kappa shape index (κ1) is 21.4. The second-order valence-electron chi connectivity index (χ2n) is 7.30. The molecule has 3 rings (SSSR count). The Labute approximate surface area is 172 Å². The van der Waals surface area contributed by atoms with E-state index in [0.29, 0.717) is 22.8 Å². The van der Waals surface area contributed by atoms with Gasteiger partial charge in [-0.2, -0.15) is 13.2 Å². The van der Waals surface area contributed by atoms with E-state index in [2.05, 4.69) is 13.8 Å². The van der Waals surface area contributed by atoms with Gasteiger partial charge in [-0.3, -0.25) is 4.79 Å². The molecule has 0 bridgehead atoms. The predicted molar refractivity (Wildman–Crippen MR) is 109 cm³/mol. The van der Waals surface area contributed by atoms with Crippen molar-refractivity contribution in [2.24, 2.45) is 0 Å². The second-order valence-corrected chi connectivity index (χ2v) is 7.30. The molecule has 0 aliphatic heterocycles. The molecule has 3 aromatic rings. The summed E-state index contributed by atoms with van der Waals surface area (Å²) in [5.74, 6) is 0.100. The van der Waals surface area contributed by atoms with Gasteiger partial charge in [0.15, 0.2) is 0 Å². The third-order valence-electron chi connectivity index (χ3n) is 4.70. The molecule has 0 saturated carbocycles. The Morgan fingerprint density at radius 1 is 0.967 bits per heavy atom. The Morgan fingerprint density at radius 2 is 1.60 bits per heavy atom. The Bertz CT molecular complexity index is 1020. The lowest BCUT2D eigenvalue weighted by Gasteiger charge is -2.15. The van der Waals surface area contributed by atoms with Gasteiger partial charge in [-0.05, 0) is 59.0 Å². The lowest BCUT2D eigenvalue weighted by molar-refractivity contribution is -0.138. The third-order valence-corrected chi connectivity index (χ3v) is 4.70. The molecule has 156 valence electrons. The SMILES string of the molecule is CC(C)c1ccc(-c2cc(CC(=O)O)ccc2Oc2ccc(C(F)(F)F)cc2)cc1. The molecular formula is C24H21F3O3. The number of carboxylic acid groups (broad SMARTS) is 1. The summed E-state index contributed by atoms with van der Waals surface area (Å²) in [6.07, 6.45) is -4.56. The molecule has 0 spiro atoms. The highest BCUT2D eigenvalue weighted by molar-refractivity contribution is 5.75. The molecule has 3 nitrogen and oxygen atoms in total. The number of alkyl halides is 3. The Hall–Kier alpha value is -3.28. The Balaban J connectivity index is 1.97. The van der Waals surface area contributed by atoms with Gasteiger partial charge in [0.2, 0.25) is 0 Å². The molecule has 0 fully saturated rings. The molecule has 0 heterocycles. The van der Waals surface area contributed by atoms with Gasteiger partial charge in [-0.25, -0.2) is 0 Å². The molecule has 6 heteroatoms. The Morgan fingerprint density at radius 3 is 2.13 bits per heavy atom.